The molecule has 0 fully saturated rings. The second-order valence-electron chi connectivity index (χ2n) is 6.03. The van der Waals surface area contributed by atoms with Gasteiger partial charge in [-0.3, -0.25) is 14.4 Å². The number of hydrazone groups is 1. The number of nitrogens with zero attached hydrogens (tertiary/aromatic N) is 1. The van der Waals surface area contributed by atoms with Crippen molar-refractivity contribution in [2.75, 3.05) is 10.6 Å². The van der Waals surface area contributed by atoms with E-state index in [0.717, 1.165) is 5.56 Å². The Hall–Kier alpha value is -4.20. The largest absolute Gasteiger partial charge is 0.463 e. The molecule has 29 heavy (non-hydrogen) atoms. The van der Waals surface area contributed by atoms with Crippen molar-refractivity contribution in [3.05, 3.63) is 83.8 Å². The van der Waals surface area contributed by atoms with Gasteiger partial charge in [-0.15, -0.1) is 0 Å². The van der Waals surface area contributed by atoms with Crippen molar-refractivity contribution in [3.63, 3.8) is 0 Å². The van der Waals surface area contributed by atoms with E-state index >= 15 is 0 Å². The van der Waals surface area contributed by atoms with Crippen LogP contribution in [0.2, 0.25) is 0 Å². The molecule has 0 aliphatic rings. The fourth-order valence-electron chi connectivity index (χ4n) is 2.37. The zero-order valence-electron chi connectivity index (χ0n) is 15.5. The van der Waals surface area contributed by atoms with E-state index in [1.54, 1.807) is 42.5 Å². The van der Waals surface area contributed by atoms with Gasteiger partial charge in [-0.2, -0.15) is 5.10 Å². The number of hydrogen-bond acceptors (Lipinski definition) is 5. The summed E-state index contributed by atoms with van der Waals surface area (Å²) in [4.78, 5) is 36.6. The molecule has 3 N–H and O–H groups in total. The molecule has 8 heteroatoms. The Morgan fingerprint density at radius 2 is 1.66 bits per heavy atom. The molecule has 2 aromatic carbocycles. The van der Waals surface area contributed by atoms with Gasteiger partial charge in [0.05, 0.1) is 23.7 Å². The van der Waals surface area contributed by atoms with Crippen molar-refractivity contribution in [3.8, 4) is 0 Å². The van der Waals surface area contributed by atoms with Crippen LogP contribution in [0, 0.1) is 6.92 Å². The van der Waals surface area contributed by atoms with Gasteiger partial charge in [0.2, 0.25) is 0 Å². The summed E-state index contributed by atoms with van der Waals surface area (Å²) in [7, 11) is 0. The van der Waals surface area contributed by atoms with Crippen LogP contribution in [-0.2, 0) is 9.59 Å². The van der Waals surface area contributed by atoms with E-state index < -0.39 is 17.7 Å². The lowest BCUT2D eigenvalue weighted by molar-refractivity contribution is -0.136. The standard InChI is InChI=1S/C21H18N4O4/c1-14-8-10-15(11-9-14)23-19(26)17-6-2-3-7-18(17)24-20(27)21(28)25-22-13-16-5-4-12-29-16/h2-13H,1H3,(H,23,26)(H,24,27)(H,25,28). The molecule has 3 rings (SSSR count). The number of aryl methyl sites for hydroxylation is 1. The van der Waals surface area contributed by atoms with Gasteiger partial charge in [0, 0.05) is 5.69 Å². The van der Waals surface area contributed by atoms with Crippen molar-refractivity contribution in [2.24, 2.45) is 5.10 Å². The highest BCUT2D eigenvalue weighted by Crippen LogP contribution is 2.18. The number of furan rings is 1. The van der Waals surface area contributed by atoms with Crippen molar-refractivity contribution < 1.29 is 18.8 Å². The van der Waals surface area contributed by atoms with Crippen LogP contribution in [0.15, 0.2) is 76.4 Å². The summed E-state index contributed by atoms with van der Waals surface area (Å²) in [5, 5.41) is 8.81. The minimum Gasteiger partial charge on any atom is -0.463 e. The number of carbonyl (C=O) groups is 3. The predicted octanol–water partition coefficient (Wildman–Crippen LogP) is 2.93. The first-order chi connectivity index (χ1) is 14.0. The van der Waals surface area contributed by atoms with Crippen LogP contribution in [0.25, 0.3) is 0 Å². The molecular weight excluding hydrogens is 372 g/mol. The van der Waals surface area contributed by atoms with Gasteiger partial charge in [0.15, 0.2) is 0 Å². The van der Waals surface area contributed by atoms with Gasteiger partial charge >= 0.3 is 11.8 Å². The lowest BCUT2D eigenvalue weighted by Gasteiger charge is -2.11. The Labute approximate surface area is 166 Å². The SMILES string of the molecule is Cc1ccc(NC(=O)c2ccccc2NC(=O)C(=O)NN=Cc2ccco2)cc1. The maximum Gasteiger partial charge on any atom is 0.329 e. The molecular formula is C21H18N4O4. The fourth-order valence-corrected chi connectivity index (χ4v) is 2.37. The number of hydrogen-bond donors (Lipinski definition) is 3. The monoisotopic (exact) mass is 390 g/mol. The van der Waals surface area contributed by atoms with Crippen LogP contribution in [0.5, 0.6) is 0 Å². The Balaban J connectivity index is 1.64. The summed E-state index contributed by atoms with van der Waals surface area (Å²) in [6.07, 6.45) is 2.71. The van der Waals surface area contributed by atoms with Crippen LogP contribution in [-0.4, -0.2) is 23.9 Å². The Kier molecular flexibility index (Phi) is 6.16. The molecule has 0 aliphatic carbocycles. The number of anilines is 2. The molecule has 0 bridgehead atoms. The Bertz CT molecular complexity index is 1040. The molecule has 3 aromatic rings. The van der Waals surface area contributed by atoms with Crippen LogP contribution in [0.3, 0.4) is 0 Å². The molecule has 146 valence electrons. The zero-order chi connectivity index (χ0) is 20.6. The summed E-state index contributed by atoms with van der Waals surface area (Å²) in [6.45, 7) is 1.94. The van der Waals surface area contributed by atoms with Gasteiger partial charge in [-0.05, 0) is 43.3 Å². The van der Waals surface area contributed by atoms with Gasteiger partial charge < -0.3 is 15.1 Å². The minimum absolute atomic E-state index is 0.201. The van der Waals surface area contributed by atoms with E-state index in [1.165, 1.54) is 18.5 Å². The lowest BCUT2D eigenvalue weighted by Crippen LogP contribution is -2.33. The molecule has 0 saturated heterocycles. The van der Waals surface area contributed by atoms with Gasteiger partial charge in [-0.1, -0.05) is 29.8 Å². The first-order valence-corrected chi connectivity index (χ1v) is 8.68. The van der Waals surface area contributed by atoms with Gasteiger partial charge in [0.1, 0.15) is 5.76 Å². The summed E-state index contributed by atoms with van der Waals surface area (Å²) in [6, 6.07) is 17.0. The van der Waals surface area contributed by atoms with E-state index in [0.29, 0.717) is 11.4 Å². The maximum absolute atomic E-state index is 12.6. The molecule has 1 aromatic heterocycles. The van der Waals surface area contributed by atoms with Crippen molar-refractivity contribution in [1.29, 1.82) is 0 Å². The Morgan fingerprint density at radius 1 is 0.897 bits per heavy atom. The molecule has 3 amide bonds. The quantitative estimate of drug-likeness (QED) is 0.353. The average Bonchev–Trinajstić information content (AvgIpc) is 3.23. The van der Waals surface area contributed by atoms with E-state index in [1.807, 2.05) is 19.1 Å². The molecule has 8 nitrogen and oxygen atoms in total. The lowest BCUT2D eigenvalue weighted by atomic mass is 10.1. The molecule has 0 radical (unpaired) electrons. The average molecular weight is 390 g/mol. The van der Waals surface area contributed by atoms with E-state index in [-0.39, 0.29) is 11.3 Å². The highest BCUT2D eigenvalue weighted by atomic mass is 16.3. The van der Waals surface area contributed by atoms with Gasteiger partial charge in [-0.25, -0.2) is 5.43 Å². The van der Waals surface area contributed by atoms with E-state index in [4.69, 9.17) is 4.42 Å². The summed E-state index contributed by atoms with van der Waals surface area (Å²) in [5.41, 5.74) is 4.19. The molecule has 1 heterocycles. The third kappa shape index (κ3) is 5.39. The summed E-state index contributed by atoms with van der Waals surface area (Å²) < 4.78 is 5.02. The minimum atomic E-state index is -0.985. The number of amides is 3. The highest BCUT2D eigenvalue weighted by molar-refractivity contribution is 6.40. The van der Waals surface area contributed by atoms with Crippen molar-refractivity contribution >= 4 is 35.3 Å². The van der Waals surface area contributed by atoms with E-state index in [2.05, 4.69) is 21.2 Å². The third-order valence-electron chi connectivity index (χ3n) is 3.84. The van der Waals surface area contributed by atoms with Crippen LogP contribution in [0.1, 0.15) is 21.7 Å². The molecule has 0 aliphatic heterocycles. The first-order valence-electron chi connectivity index (χ1n) is 8.68. The molecule has 0 spiro atoms. The zero-order valence-corrected chi connectivity index (χ0v) is 15.5. The van der Waals surface area contributed by atoms with Crippen LogP contribution < -0.4 is 16.1 Å². The highest BCUT2D eigenvalue weighted by Gasteiger charge is 2.17. The van der Waals surface area contributed by atoms with Crippen LogP contribution >= 0.6 is 0 Å². The summed E-state index contributed by atoms with van der Waals surface area (Å²) in [5.74, 6) is -1.94. The number of benzene rings is 2. The van der Waals surface area contributed by atoms with Gasteiger partial charge in [0.25, 0.3) is 5.91 Å². The maximum atomic E-state index is 12.6. The molecule has 0 saturated carbocycles. The molecule has 0 atom stereocenters. The third-order valence-corrected chi connectivity index (χ3v) is 3.84. The topological polar surface area (TPSA) is 113 Å². The number of carbonyl (C=O) groups excluding carboxylic acids is 3. The summed E-state index contributed by atoms with van der Waals surface area (Å²) >= 11 is 0. The predicted molar refractivity (Wildman–Crippen MR) is 109 cm³/mol. The van der Waals surface area contributed by atoms with Crippen molar-refractivity contribution in [1.82, 2.24) is 5.43 Å². The van der Waals surface area contributed by atoms with Crippen LogP contribution in [0.4, 0.5) is 11.4 Å². The number of rotatable bonds is 5. The smallest absolute Gasteiger partial charge is 0.329 e. The number of para-hydroxylation sites is 1. The Morgan fingerprint density at radius 3 is 2.38 bits per heavy atom. The number of nitrogens with one attached hydrogen (secondary N) is 3. The second kappa shape index (κ2) is 9.14. The fraction of sp³-hybridized carbons (Fsp3) is 0.0476. The molecule has 0 unspecified atom stereocenters. The first kappa shape index (κ1) is 19.6. The normalized spacial score (nSPS) is 10.5. The van der Waals surface area contributed by atoms with E-state index in [9.17, 15) is 14.4 Å². The second-order valence-corrected chi connectivity index (χ2v) is 6.03. The van der Waals surface area contributed by atoms with Crippen molar-refractivity contribution in [2.45, 2.75) is 6.92 Å².